The molecule has 45 heavy (non-hydrogen) atoms. The fraction of sp³-hybridized carbons (Fsp3) is 0.265. The van der Waals surface area contributed by atoms with Gasteiger partial charge in [-0.2, -0.15) is 0 Å². The first-order chi connectivity index (χ1) is 21.9. The molecular formula is C34H31ClN2O7S. The van der Waals surface area contributed by atoms with E-state index in [-0.39, 0.29) is 19.0 Å². The minimum atomic E-state index is -0.829. The Labute approximate surface area is 268 Å². The molecule has 0 bridgehead atoms. The van der Waals surface area contributed by atoms with Gasteiger partial charge in [-0.05, 0) is 73.0 Å². The Morgan fingerprint density at radius 1 is 1.09 bits per heavy atom. The minimum absolute atomic E-state index is 0.183. The third kappa shape index (κ3) is 6.21. The summed E-state index contributed by atoms with van der Waals surface area (Å²) in [7, 11) is 1.54. The number of benzene rings is 3. The lowest BCUT2D eigenvalue weighted by molar-refractivity contribution is -0.139. The molecule has 0 radical (unpaired) electrons. The molecule has 232 valence electrons. The zero-order valence-corrected chi connectivity index (χ0v) is 26.6. The summed E-state index contributed by atoms with van der Waals surface area (Å²) in [5, 5.41) is 0.450. The number of esters is 1. The average molecular weight is 647 g/mol. The Bertz CT molecular complexity index is 1960. The van der Waals surface area contributed by atoms with Crippen LogP contribution in [0.5, 0.6) is 23.0 Å². The summed E-state index contributed by atoms with van der Waals surface area (Å²) in [5.74, 6) is 2.09. The molecule has 9 nitrogen and oxygen atoms in total. The Balaban J connectivity index is 1.36. The van der Waals surface area contributed by atoms with Crippen LogP contribution in [-0.4, -0.2) is 31.0 Å². The Morgan fingerprint density at radius 2 is 1.89 bits per heavy atom. The van der Waals surface area contributed by atoms with E-state index in [0.717, 1.165) is 23.3 Å². The molecule has 0 aliphatic carbocycles. The first-order valence-corrected chi connectivity index (χ1v) is 15.8. The number of rotatable bonds is 10. The van der Waals surface area contributed by atoms with Crippen molar-refractivity contribution >= 4 is 35.0 Å². The highest BCUT2D eigenvalue weighted by atomic mass is 35.5. The normalized spacial score (nSPS) is 15.5. The van der Waals surface area contributed by atoms with Gasteiger partial charge in [-0.25, -0.2) is 9.79 Å². The second-order valence-corrected chi connectivity index (χ2v) is 11.8. The zero-order chi connectivity index (χ0) is 31.5. The van der Waals surface area contributed by atoms with Crippen molar-refractivity contribution < 1.29 is 28.5 Å². The number of methoxy groups -OCH3 is 1. The van der Waals surface area contributed by atoms with Crippen LogP contribution in [0.15, 0.2) is 81.7 Å². The van der Waals surface area contributed by atoms with Crippen LogP contribution in [-0.2, 0) is 16.1 Å². The second-order valence-electron chi connectivity index (χ2n) is 10.3. The van der Waals surface area contributed by atoms with Crippen LogP contribution < -0.4 is 33.8 Å². The predicted octanol–water partition coefficient (Wildman–Crippen LogP) is 5.55. The minimum Gasteiger partial charge on any atom is -0.496 e. The maximum atomic E-state index is 14.1. The highest BCUT2D eigenvalue weighted by Crippen LogP contribution is 2.38. The third-order valence-electron chi connectivity index (χ3n) is 7.40. The summed E-state index contributed by atoms with van der Waals surface area (Å²) < 4.78 is 29.9. The van der Waals surface area contributed by atoms with Crippen molar-refractivity contribution in [2.75, 3.05) is 20.5 Å². The lowest BCUT2D eigenvalue weighted by atomic mass is 9.93. The fourth-order valence-corrected chi connectivity index (χ4v) is 6.54. The molecular weight excluding hydrogens is 616 g/mol. The summed E-state index contributed by atoms with van der Waals surface area (Å²) in [5.41, 5.74) is 2.95. The number of carbonyl (C=O) groups excluding carboxylic acids is 1. The van der Waals surface area contributed by atoms with E-state index in [9.17, 15) is 9.59 Å². The number of nitrogens with zero attached hydrogens (tertiary/aromatic N) is 2. The Morgan fingerprint density at radius 3 is 2.64 bits per heavy atom. The monoisotopic (exact) mass is 646 g/mol. The molecule has 3 aromatic carbocycles. The van der Waals surface area contributed by atoms with Gasteiger partial charge in [-0.15, -0.1) is 0 Å². The van der Waals surface area contributed by atoms with Crippen LogP contribution in [0.3, 0.4) is 0 Å². The van der Waals surface area contributed by atoms with E-state index in [1.807, 2.05) is 55.5 Å². The maximum absolute atomic E-state index is 14.1. The van der Waals surface area contributed by atoms with Crippen LogP contribution in [0.1, 0.15) is 49.4 Å². The van der Waals surface area contributed by atoms with E-state index in [2.05, 4.69) is 0 Å². The molecule has 6 rings (SSSR count). The van der Waals surface area contributed by atoms with E-state index in [0.29, 0.717) is 61.5 Å². The fourth-order valence-electron chi connectivity index (χ4n) is 5.34. The number of thiazole rings is 1. The smallest absolute Gasteiger partial charge is 0.338 e. The summed E-state index contributed by atoms with van der Waals surface area (Å²) >= 11 is 7.69. The molecule has 3 heterocycles. The zero-order valence-electron chi connectivity index (χ0n) is 25.0. The topological polar surface area (TPSA) is 97.6 Å². The third-order valence-corrected chi connectivity index (χ3v) is 8.62. The van der Waals surface area contributed by atoms with Gasteiger partial charge in [0.25, 0.3) is 5.56 Å². The SMILES string of the molecule is CCCC1=C(C(=O)OCC)[C@@H](c2cc(Cl)ccc2OC)n2c(s/c(=C/c3ccc(OCc4ccc5c(c4)OCO5)cc3)c2=O)=N1. The van der Waals surface area contributed by atoms with Gasteiger partial charge in [0.05, 0.1) is 29.5 Å². The van der Waals surface area contributed by atoms with Crippen LogP contribution in [0.25, 0.3) is 6.08 Å². The summed E-state index contributed by atoms with van der Waals surface area (Å²) in [6, 6.07) is 17.5. The summed E-state index contributed by atoms with van der Waals surface area (Å²) in [4.78, 5) is 32.8. The number of hydrogen-bond donors (Lipinski definition) is 0. The van der Waals surface area contributed by atoms with Gasteiger partial charge in [0, 0.05) is 10.6 Å². The molecule has 2 aliphatic heterocycles. The molecule has 2 aliphatic rings. The number of hydrogen-bond acceptors (Lipinski definition) is 9. The lowest BCUT2D eigenvalue weighted by Crippen LogP contribution is -2.40. The molecule has 0 saturated heterocycles. The molecule has 0 saturated carbocycles. The molecule has 1 atom stereocenters. The van der Waals surface area contributed by atoms with Crippen molar-refractivity contribution in [3.63, 3.8) is 0 Å². The Hall–Kier alpha value is -4.54. The van der Waals surface area contributed by atoms with E-state index in [1.165, 1.54) is 11.3 Å². The van der Waals surface area contributed by atoms with Crippen molar-refractivity contribution in [2.45, 2.75) is 39.3 Å². The van der Waals surface area contributed by atoms with Gasteiger partial charge >= 0.3 is 5.97 Å². The molecule has 11 heteroatoms. The van der Waals surface area contributed by atoms with Crippen LogP contribution in [0, 0.1) is 0 Å². The van der Waals surface area contributed by atoms with Crippen molar-refractivity contribution in [3.8, 4) is 23.0 Å². The lowest BCUT2D eigenvalue weighted by Gasteiger charge is -2.27. The number of ether oxygens (including phenoxy) is 5. The molecule has 0 unspecified atom stereocenters. The van der Waals surface area contributed by atoms with Gasteiger partial charge < -0.3 is 23.7 Å². The first kappa shape index (κ1) is 30.5. The number of carbonyl (C=O) groups is 1. The van der Waals surface area contributed by atoms with E-state index in [4.69, 9.17) is 40.3 Å². The van der Waals surface area contributed by atoms with Gasteiger partial charge in [-0.3, -0.25) is 9.36 Å². The van der Waals surface area contributed by atoms with Crippen molar-refractivity contribution in [1.82, 2.24) is 4.57 Å². The van der Waals surface area contributed by atoms with Gasteiger partial charge in [-0.1, -0.05) is 54.5 Å². The number of allylic oxidation sites excluding steroid dienone is 1. The largest absolute Gasteiger partial charge is 0.496 e. The molecule has 0 fully saturated rings. The quantitative estimate of drug-likeness (QED) is 0.209. The second kappa shape index (κ2) is 13.2. The highest BCUT2D eigenvalue weighted by Gasteiger charge is 2.36. The van der Waals surface area contributed by atoms with Crippen molar-refractivity contribution in [1.29, 1.82) is 0 Å². The Kier molecular flexibility index (Phi) is 8.95. The van der Waals surface area contributed by atoms with Gasteiger partial charge in [0.1, 0.15) is 24.1 Å². The number of fused-ring (bicyclic) bond motifs is 2. The van der Waals surface area contributed by atoms with Crippen LogP contribution in [0.2, 0.25) is 5.02 Å². The molecule has 0 spiro atoms. The van der Waals surface area contributed by atoms with Crippen molar-refractivity contribution in [2.24, 2.45) is 4.99 Å². The van der Waals surface area contributed by atoms with E-state index in [1.54, 1.807) is 36.8 Å². The number of aromatic nitrogens is 1. The van der Waals surface area contributed by atoms with Crippen LogP contribution in [0.4, 0.5) is 0 Å². The molecule has 0 amide bonds. The molecule has 1 aromatic heterocycles. The average Bonchev–Trinajstić information content (AvgIpc) is 3.63. The van der Waals surface area contributed by atoms with Gasteiger partial charge in [0.2, 0.25) is 6.79 Å². The standard InChI is InChI=1S/C34H31ClN2O7S/c1-4-6-25-30(33(39)41-5-2)31(24-17-22(35)10-14-26(24)40-3)37-32(38)29(45-34(37)36-25)16-20-7-11-23(12-8-20)42-18-21-9-13-27-28(15-21)44-19-43-27/h7-17,31H,4-6,18-19H2,1-3H3/b29-16+/t31-/m1/s1. The van der Waals surface area contributed by atoms with Gasteiger partial charge in [0.15, 0.2) is 16.3 Å². The highest BCUT2D eigenvalue weighted by molar-refractivity contribution is 7.07. The first-order valence-electron chi connectivity index (χ1n) is 14.6. The van der Waals surface area contributed by atoms with Crippen molar-refractivity contribution in [3.05, 3.63) is 113 Å². The number of halogens is 1. The predicted molar refractivity (Wildman–Crippen MR) is 171 cm³/mol. The van der Waals surface area contributed by atoms with E-state index >= 15 is 0 Å². The molecule has 0 N–H and O–H groups in total. The van der Waals surface area contributed by atoms with Crippen LogP contribution >= 0.6 is 22.9 Å². The maximum Gasteiger partial charge on any atom is 0.338 e. The summed E-state index contributed by atoms with van der Waals surface area (Å²) in [6.07, 6.45) is 3.09. The molecule has 4 aromatic rings. The summed E-state index contributed by atoms with van der Waals surface area (Å²) in [6.45, 7) is 4.53. The van der Waals surface area contributed by atoms with E-state index < -0.39 is 12.0 Å².